The van der Waals surface area contributed by atoms with Gasteiger partial charge in [-0.2, -0.15) is 0 Å². The van der Waals surface area contributed by atoms with Crippen LogP contribution >= 0.6 is 11.6 Å². The Hall–Kier alpha value is -2.14. The van der Waals surface area contributed by atoms with Gasteiger partial charge in [-0.25, -0.2) is 9.97 Å². The first-order valence-electron chi connectivity index (χ1n) is 5.69. The maximum absolute atomic E-state index is 11.8. The smallest absolute Gasteiger partial charge is 0.253 e. The predicted octanol–water partition coefficient (Wildman–Crippen LogP) is 2.54. The van der Waals surface area contributed by atoms with Crippen molar-refractivity contribution in [1.82, 2.24) is 15.3 Å². The van der Waals surface area contributed by atoms with Gasteiger partial charge in [-0.3, -0.25) is 4.79 Å². The Balaban J connectivity index is 2.38. The molecule has 0 saturated heterocycles. The zero-order valence-electron chi connectivity index (χ0n) is 10.6. The minimum atomic E-state index is -0.166. The summed E-state index contributed by atoms with van der Waals surface area (Å²) in [5, 5.41) is 5.85. The number of rotatable bonds is 3. The van der Waals surface area contributed by atoms with Crippen LogP contribution in [0.3, 0.4) is 0 Å². The summed E-state index contributed by atoms with van der Waals surface area (Å²) < 4.78 is 0. The summed E-state index contributed by atoms with van der Waals surface area (Å²) in [5.41, 5.74) is 2.05. The molecule has 0 spiro atoms. The van der Waals surface area contributed by atoms with Gasteiger partial charge in [0, 0.05) is 18.8 Å². The second kappa shape index (κ2) is 5.67. The van der Waals surface area contributed by atoms with Crippen LogP contribution in [0.2, 0.25) is 5.28 Å². The van der Waals surface area contributed by atoms with Crippen LogP contribution in [0.15, 0.2) is 30.5 Å². The maximum atomic E-state index is 11.8. The summed E-state index contributed by atoms with van der Waals surface area (Å²) in [5.74, 6) is 0.414. The molecular weight excluding hydrogens is 264 g/mol. The molecule has 0 unspecified atom stereocenters. The number of anilines is 2. The van der Waals surface area contributed by atoms with Gasteiger partial charge in [0.2, 0.25) is 5.28 Å². The van der Waals surface area contributed by atoms with Gasteiger partial charge < -0.3 is 10.6 Å². The van der Waals surface area contributed by atoms with E-state index in [4.69, 9.17) is 11.6 Å². The fourth-order valence-electron chi connectivity index (χ4n) is 1.60. The van der Waals surface area contributed by atoms with Crippen LogP contribution in [-0.2, 0) is 0 Å². The van der Waals surface area contributed by atoms with E-state index in [2.05, 4.69) is 20.6 Å². The highest BCUT2D eigenvalue weighted by Gasteiger charge is 2.11. The number of carbonyl (C=O) groups is 1. The average molecular weight is 277 g/mol. The van der Waals surface area contributed by atoms with Gasteiger partial charge in [0.05, 0.1) is 11.3 Å². The predicted molar refractivity (Wildman–Crippen MR) is 74.9 cm³/mol. The molecule has 2 rings (SSSR count). The van der Waals surface area contributed by atoms with Crippen molar-refractivity contribution in [2.75, 3.05) is 12.4 Å². The van der Waals surface area contributed by atoms with E-state index in [1.54, 1.807) is 31.4 Å². The Morgan fingerprint density at radius 2 is 2.05 bits per heavy atom. The minimum Gasteiger partial charge on any atom is -0.355 e. The van der Waals surface area contributed by atoms with E-state index in [9.17, 15) is 4.79 Å². The lowest BCUT2D eigenvalue weighted by molar-refractivity contribution is 0.0964. The fourth-order valence-corrected chi connectivity index (χ4v) is 1.73. The molecule has 0 aliphatic carbocycles. The second-order valence-electron chi connectivity index (χ2n) is 3.92. The normalized spacial score (nSPS) is 10.1. The number of hydrogen-bond acceptors (Lipinski definition) is 4. The van der Waals surface area contributed by atoms with E-state index >= 15 is 0 Å². The first kappa shape index (κ1) is 13.3. The van der Waals surface area contributed by atoms with Crippen LogP contribution in [0.25, 0.3) is 0 Å². The van der Waals surface area contributed by atoms with Crippen LogP contribution in [0.1, 0.15) is 15.9 Å². The molecule has 2 aromatic rings. The Morgan fingerprint density at radius 1 is 1.32 bits per heavy atom. The highest BCUT2D eigenvalue weighted by atomic mass is 35.5. The first-order valence-corrected chi connectivity index (χ1v) is 6.07. The van der Waals surface area contributed by atoms with Crippen molar-refractivity contribution in [2.24, 2.45) is 0 Å². The Kier molecular flexibility index (Phi) is 3.97. The van der Waals surface area contributed by atoms with E-state index in [1.807, 2.05) is 13.0 Å². The molecule has 2 N–H and O–H groups in total. The lowest BCUT2D eigenvalue weighted by Crippen LogP contribution is -2.19. The summed E-state index contributed by atoms with van der Waals surface area (Å²) in [6, 6.07) is 7.18. The molecule has 1 heterocycles. The van der Waals surface area contributed by atoms with E-state index < -0.39 is 0 Å². The molecule has 0 bridgehead atoms. The minimum absolute atomic E-state index is 0.158. The fraction of sp³-hybridized carbons (Fsp3) is 0.154. The lowest BCUT2D eigenvalue weighted by atomic mass is 10.1. The zero-order valence-corrected chi connectivity index (χ0v) is 11.3. The van der Waals surface area contributed by atoms with Crippen molar-refractivity contribution in [1.29, 1.82) is 0 Å². The van der Waals surface area contributed by atoms with Crippen molar-refractivity contribution in [2.45, 2.75) is 6.92 Å². The average Bonchev–Trinajstić information content (AvgIpc) is 2.42. The van der Waals surface area contributed by atoms with Gasteiger partial charge >= 0.3 is 0 Å². The number of halogens is 1. The van der Waals surface area contributed by atoms with Gasteiger partial charge in [-0.15, -0.1) is 0 Å². The number of aryl methyl sites for hydroxylation is 1. The zero-order chi connectivity index (χ0) is 13.8. The van der Waals surface area contributed by atoms with Gasteiger partial charge in [-0.1, -0.05) is 12.1 Å². The first-order chi connectivity index (χ1) is 9.11. The second-order valence-corrected chi connectivity index (χ2v) is 4.26. The number of carbonyl (C=O) groups excluding carboxylic acids is 1. The molecule has 0 saturated carbocycles. The third-order valence-corrected chi connectivity index (χ3v) is 2.78. The Labute approximate surface area is 116 Å². The van der Waals surface area contributed by atoms with Crippen molar-refractivity contribution in [3.63, 3.8) is 0 Å². The van der Waals surface area contributed by atoms with Crippen LogP contribution < -0.4 is 10.6 Å². The van der Waals surface area contributed by atoms with E-state index in [0.717, 1.165) is 5.56 Å². The van der Waals surface area contributed by atoms with Crippen LogP contribution in [0.5, 0.6) is 0 Å². The number of aromatic nitrogens is 2. The Bertz CT molecular complexity index is 615. The van der Waals surface area contributed by atoms with Gasteiger partial charge in [0.15, 0.2) is 0 Å². The van der Waals surface area contributed by atoms with Gasteiger partial charge in [0.1, 0.15) is 5.82 Å². The highest BCUT2D eigenvalue weighted by molar-refractivity contribution is 6.28. The number of para-hydroxylation sites is 1. The van der Waals surface area contributed by atoms with Crippen molar-refractivity contribution in [3.05, 3.63) is 46.9 Å². The molecule has 1 aromatic heterocycles. The molecule has 0 aliphatic rings. The van der Waals surface area contributed by atoms with Crippen molar-refractivity contribution < 1.29 is 4.79 Å². The Morgan fingerprint density at radius 3 is 2.79 bits per heavy atom. The lowest BCUT2D eigenvalue weighted by Gasteiger charge is -2.12. The summed E-state index contributed by atoms with van der Waals surface area (Å²) in [6.07, 6.45) is 1.63. The number of amides is 1. The van der Waals surface area contributed by atoms with E-state index in [-0.39, 0.29) is 11.2 Å². The summed E-state index contributed by atoms with van der Waals surface area (Å²) >= 11 is 5.77. The van der Waals surface area contributed by atoms with Gasteiger partial charge in [-0.05, 0) is 30.7 Å². The molecule has 98 valence electrons. The topological polar surface area (TPSA) is 66.9 Å². The third kappa shape index (κ3) is 3.00. The van der Waals surface area contributed by atoms with Crippen LogP contribution in [0.4, 0.5) is 11.5 Å². The number of nitrogens with one attached hydrogen (secondary N) is 2. The monoisotopic (exact) mass is 276 g/mol. The number of nitrogens with zero attached hydrogens (tertiary/aromatic N) is 2. The molecule has 5 nitrogen and oxygen atoms in total. The SMILES string of the molecule is CNC(=O)c1ccccc1Nc1nc(Cl)ncc1C. The van der Waals surface area contributed by atoms with Gasteiger partial charge in [0.25, 0.3) is 5.91 Å². The van der Waals surface area contributed by atoms with Crippen molar-refractivity contribution >= 4 is 29.0 Å². The maximum Gasteiger partial charge on any atom is 0.253 e. The summed E-state index contributed by atoms with van der Waals surface area (Å²) in [7, 11) is 1.59. The molecule has 0 aliphatic heterocycles. The molecule has 0 radical (unpaired) electrons. The molecule has 0 atom stereocenters. The molecule has 1 amide bonds. The summed E-state index contributed by atoms with van der Waals surface area (Å²) in [6.45, 7) is 1.86. The molecule has 1 aromatic carbocycles. The standard InChI is InChI=1S/C13H13ClN4O/c1-8-7-16-13(14)18-11(8)17-10-6-4-3-5-9(10)12(19)15-2/h3-7H,1-2H3,(H,15,19)(H,16,17,18). The molecule has 6 heteroatoms. The van der Waals surface area contributed by atoms with E-state index in [0.29, 0.717) is 17.1 Å². The molecular formula is C13H13ClN4O. The number of benzene rings is 1. The quantitative estimate of drug-likeness (QED) is 0.846. The van der Waals surface area contributed by atoms with Crippen LogP contribution in [-0.4, -0.2) is 22.9 Å². The summed E-state index contributed by atoms with van der Waals surface area (Å²) in [4.78, 5) is 19.8. The van der Waals surface area contributed by atoms with Crippen LogP contribution in [0, 0.1) is 6.92 Å². The number of hydrogen-bond donors (Lipinski definition) is 2. The third-order valence-electron chi connectivity index (χ3n) is 2.59. The molecule has 0 fully saturated rings. The van der Waals surface area contributed by atoms with E-state index in [1.165, 1.54) is 0 Å². The molecule has 19 heavy (non-hydrogen) atoms. The highest BCUT2D eigenvalue weighted by Crippen LogP contribution is 2.22. The largest absolute Gasteiger partial charge is 0.355 e. The van der Waals surface area contributed by atoms with Crippen molar-refractivity contribution in [3.8, 4) is 0 Å².